The molecule has 1 saturated carbocycles. The van der Waals surface area contributed by atoms with Crippen molar-refractivity contribution in [3.05, 3.63) is 11.8 Å². The van der Waals surface area contributed by atoms with E-state index >= 15 is 0 Å². The van der Waals surface area contributed by atoms with Crippen LogP contribution in [0.25, 0.3) is 0 Å². The van der Waals surface area contributed by atoms with E-state index in [1.807, 2.05) is 13.1 Å². The highest BCUT2D eigenvalue weighted by Gasteiger charge is 2.27. The highest BCUT2D eigenvalue weighted by atomic mass is 15.3. The summed E-state index contributed by atoms with van der Waals surface area (Å²) in [6, 6.07) is 3.29. The van der Waals surface area contributed by atoms with E-state index in [4.69, 9.17) is 5.73 Å². The van der Waals surface area contributed by atoms with Gasteiger partial charge in [-0.2, -0.15) is 4.98 Å². The Kier molecular flexibility index (Phi) is 3.05. The van der Waals surface area contributed by atoms with Crippen LogP contribution in [0.2, 0.25) is 0 Å². The van der Waals surface area contributed by atoms with E-state index in [2.05, 4.69) is 25.5 Å². The molecule has 0 radical (unpaired) electrons. The highest BCUT2D eigenvalue weighted by Crippen LogP contribution is 2.22. The van der Waals surface area contributed by atoms with Gasteiger partial charge >= 0.3 is 0 Å². The molecule has 2 aliphatic rings. The number of aromatic nitrogens is 2. The SMILES string of the molecule is CNC1CN(c2cc(CNC3CC3)nc(N)n2)C1. The first-order chi connectivity index (χ1) is 8.74. The van der Waals surface area contributed by atoms with Crippen LogP contribution in [0, 0.1) is 0 Å². The summed E-state index contributed by atoms with van der Waals surface area (Å²) in [5, 5.41) is 6.70. The van der Waals surface area contributed by atoms with E-state index in [1.165, 1.54) is 12.8 Å². The second-order valence-corrected chi connectivity index (χ2v) is 5.12. The maximum atomic E-state index is 5.77. The van der Waals surface area contributed by atoms with Crippen LogP contribution in [0.3, 0.4) is 0 Å². The normalized spacial score (nSPS) is 19.9. The van der Waals surface area contributed by atoms with Gasteiger partial charge in [0, 0.05) is 37.8 Å². The lowest BCUT2D eigenvalue weighted by Crippen LogP contribution is -2.57. The van der Waals surface area contributed by atoms with Gasteiger partial charge in [-0.3, -0.25) is 0 Å². The monoisotopic (exact) mass is 248 g/mol. The molecule has 0 atom stereocenters. The average molecular weight is 248 g/mol. The van der Waals surface area contributed by atoms with Gasteiger partial charge in [-0.25, -0.2) is 4.98 Å². The lowest BCUT2D eigenvalue weighted by Gasteiger charge is -2.40. The van der Waals surface area contributed by atoms with Gasteiger partial charge < -0.3 is 21.3 Å². The zero-order chi connectivity index (χ0) is 12.5. The molecule has 18 heavy (non-hydrogen) atoms. The zero-order valence-corrected chi connectivity index (χ0v) is 10.7. The Morgan fingerprint density at radius 2 is 2.11 bits per heavy atom. The second-order valence-electron chi connectivity index (χ2n) is 5.12. The largest absolute Gasteiger partial charge is 0.368 e. The van der Waals surface area contributed by atoms with Gasteiger partial charge in [-0.1, -0.05) is 0 Å². The highest BCUT2D eigenvalue weighted by molar-refractivity contribution is 5.46. The molecule has 6 nitrogen and oxygen atoms in total. The van der Waals surface area contributed by atoms with E-state index < -0.39 is 0 Å². The maximum absolute atomic E-state index is 5.77. The molecule has 6 heteroatoms. The van der Waals surface area contributed by atoms with Crippen LogP contribution < -0.4 is 21.3 Å². The minimum atomic E-state index is 0.369. The van der Waals surface area contributed by atoms with Gasteiger partial charge in [0.1, 0.15) is 5.82 Å². The lowest BCUT2D eigenvalue weighted by atomic mass is 10.1. The Morgan fingerprint density at radius 3 is 2.78 bits per heavy atom. The van der Waals surface area contributed by atoms with Crippen molar-refractivity contribution >= 4 is 11.8 Å². The molecule has 0 spiro atoms. The van der Waals surface area contributed by atoms with Gasteiger partial charge in [0.15, 0.2) is 0 Å². The van der Waals surface area contributed by atoms with Gasteiger partial charge in [-0.15, -0.1) is 0 Å². The Hall–Kier alpha value is -1.40. The standard InChI is InChI=1S/C12H20N6/c1-14-10-6-18(7-10)11-4-9(16-12(13)17-11)5-15-8-2-3-8/h4,8,10,14-15H,2-3,5-7H2,1H3,(H2,13,16,17). The van der Waals surface area contributed by atoms with E-state index in [0.717, 1.165) is 31.1 Å². The molecule has 2 fully saturated rings. The van der Waals surface area contributed by atoms with Crippen molar-refractivity contribution in [2.45, 2.75) is 31.5 Å². The number of hydrogen-bond donors (Lipinski definition) is 3. The van der Waals surface area contributed by atoms with Crippen molar-refractivity contribution in [2.24, 2.45) is 0 Å². The summed E-state index contributed by atoms with van der Waals surface area (Å²) in [7, 11) is 1.99. The van der Waals surface area contributed by atoms with Crippen molar-refractivity contribution in [2.75, 3.05) is 30.8 Å². The Morgan fingerprint density at radius 1 is 1.33 bits per heavy atom. The summed E-state index contributed by atoms with van der Waals surface area (Å²) < 4.78 is 0. The Labute approximate surface area is 107 Å². The maximum Gasteiger partial charge on any atom is 0.222 e. The fraction of sp³-hybridized carbons (Fsp3) is 0.667. The smallest absolute Gasteiger partial charge is 0.222 e. The number of likely N-dealkylation sites (N-methyl/N-ethyl adjacent to an activating group) is 1. The van der Waals surface area contributed by atoms with Crippen molar-refractivity contribution < 1.29 is 0 Å². The number of anilines is 2. The number of nitrogens with two attached hydrogens (primary N) is 1. The second kappa shape index (κ2) is 4.70. The molecule has 0 aromatic carbocycles. The number of hydrogen-bond acceptors (Lipinski definition) is 6. The number of nitrogens with one attached hydrogen (secondary N) is 2. The molecule has 1 aliphatic heterocycles. The van der Waals surface area contributed by atoms with Crippen LogP contribution in [0.1, 0.15) is 18.5 Å². The lowest BCUT2D eigenvalue weighted by molar-refractivity contribution is 0.447. The van der Waals surface area contributed by atoms with E-state index in [1.54, 1.807) is 0 Å². The average Bonchev–Trinajstić information content (AvgIpc) is 3.08. The summed E-state index contributed by atoms with van der Waals surface area (Å²) >= 11 is 0. The van der Waals surface area contributed by atoms with Crippen molar-refractivity contribution in [3.8, 4) is 0 Å². The minimum absolute atomic E-state index is 0.369. The first kappa shape index (κ1) is 11.7. The molecule has 1 aliphatic carbocycles. The molecule has 4 N–H and O–H groups in total. The Balaban J connectivity index is 1.65. The number of nitrogen functional groups attached to an aromatic ring is 1. The van der Waals surface area contributed by atoms with Crippen molar-refractivity contribution in [1.82, 2.24) is 20.6 Å². The molecule has 2 heterocycles. The molecule has 1 aromatic heterocycles. The van der Waals surface area contributed by atoms with Gasteiger partial charge in [0.2, 0.25) is 5.95 Å². The predicted octanol–water partition coefficient (Wildman–Crippen LogP) is -0.281. The topological polar surface area (TPSA) is 79.1 Å². The fourth-order valence-electron chi connectivity index (χ4n) is 2.14. The molecule has 0 bridgehead atoms. The molecular weight excluding hydrogens is 228 g/mol. The van der Waals surface area contributed by atoms with Crippen molar-refractivity contribution in [1.29, 1.82) is 0 Å². The van der Waals surface area contributed by atoms with Crippen LogP contribution in [-0.2, 0) is 6.54 Å². The van der Waals surface area contributed by atoms with Crippen LogP contribution >= 0.6 is 0 Å². The zero-order valence-electron chi connectivity index (χ0n) is 10.7. The number of rotatable bonds is 5. The van der Waals surface area contributed by atoms with Crippen LogP contribution in [0.4, 0.5) is 11.8 Å². The van der Waals surface area contributed by atoms with Gasteiger partial charge in [-0.05, 0) is 19.9 Å². The molecule has 98 valence electrons. The molecule has 0 amide bonds. The molecule has 0 unspecified atom stereocenters. The third kappa shape index (κ3) is 2.54. The summed E-state index contributed by atoms with van der Waals surface area (Å²) in [6.07, 6.45) is 2.56. The molecular formula is C12H20N6. The predicted molar refractivity (Wildman–Crippen MR) is 71.4 cm³/mol. The van der Waals surface area contributed by atoms with Gasteiger partial charge in [0.25, 0.3) is 0 Å². The quantitative estimate of drug-likeness (QED) is 0.665. The first-order valence-corrected chi connectivity index (χ1v) is 6.53. The first-order valence-electron chi connectivity index (χ1n) is 6.53. The third-order valence-corrected chi connectivity index (χ3v) is 3.55. The van der Waals surface area contributed by atoms with E-state index in [0.29, 0.717) is 18.0 Å². The number of nitrogens with zero attached hydrogens (tertiary/aromatic N) is 3. The molecule has 1 aromatic rings. The summed E-state index contributed by atoms with van der Waals surface area (Å²) in [6.45, 7) is 2.76. The van der Waals surface area contributed by atoms with Crippen LogP contribution in [-0.4, -0.2) is 42.2 Å². The van der Waals surface area contributed by atoms with E-state index in [9.17, 15) is 0 Å². The Bertz CT molecular complexity index is 425. The third-order valence-electron chi connectivity index (χ3n) is 3.55. The summed E-state index contributed by atoms with van der Waals surface area (Å²) in [4.78, 5) is 10.8. The molecule has 1 saturated heterocycles. The van der Waals surface area contributed by atoms with E-state index in [-0.39, 0.29) is 0 Å². The molecule has 3 rings (SSSR count). The van der Waals surface area contributed by atoms with Gasteiger partial charge in [0.05, 0.1) is 5.69 Å². The summed E-state index contributed by atoms with van der Waals surface area (Å²) in [5.41, 5.74) is 6.76. The van der Waals surface area contributed by atoms with Crippen LogP contribution in [0.5, 0.6) is 0 Å². The van der Waals surface area contributed by atoms with Crippen LogP contribution in [0.15, 0.2) is 6.07 Å². The van der Waals surface area contributed by atoms with Crippen molar-refractivity contribution in [3.63, 3.8) is 0 Å². The minimum Gasteiger partial charge on any atom is -0.368 e. The summed E-state index contributed by atoms with van der Waals surface area (Å²) in [5.74, 6) is 1.31. The fourth-order valence-corrected chi connectivity index (χ4v) is 2.14.